The van der Waals surface area contributed by atoms with Crippen molar-refractivity contribution in [2.75, 3.05) is 0 Å². The molecule has 0 aliphatic carbocycles. The molecule has 0 radical (unpaired) electrons. The van der Waals surface area contributed by atoms with E-state index in [4.69, 9.17) is 10.8 Å². The fourth-order valence-corrected chi connectivity index (χ4v) is 0.712. The van der Waals surface area contributed by atoms with E-state index in [0.717, 1.165) is 5.57 Å². The quantitative estimate of drug-likeness (QED) is 0.602. The van der Waals surface area contributed by atoms with Crippen LogP contribution in [0.3, 0.4) is 0 Å². The summed E-state index contributed by atoms with van der Waals surface area (Å²) in [5.41, 5.74) is 6.08. The van der Waals surface area contributed by atoms with Crippen molar-refractivity contribution in [1.82, 2.24) is 0 Å². The highest BCUT2D eigenvalue weighted by Crippen LogP contribution is 2.05. The predicted molar refractivity (Wildman–Crippen MR) is 48.7 cm³/mol. The highest BCUT2D eigenvalue weighted by Gasteiger charge is 2.11. The predicted octanol–water partition coefficient (Wildman–Crippen LogP) is 1.09. The summed E-state index contributed by atoms with van der Waals surface area (Å²) < 4.78 is 0. The highest BCUT2D eigenvalue weighted by atomic mass is 16.4. The minimum absolute atomic E-state index is 0.283. The number of aliphatic carboxylic acids is 1. The molecule has 0 fully saturated rings. The molecule has 0 saturated heterocycles. The van der Waals surface area contributed by atoms with Crippen LogP contribution in [0.1, 0.15) is 6.42 Å². The fraction of sp³-hybridized carbons (Fsp3) is 0.222. The lowest BCUT2D eigenvalue weighted by molar-refractivity contribution is -0.138. The Labute approximate surface area is 71.9 Å². The van der Waals surface area contributed by atoms with Crippen LogP contribution >= 0.6 is 0 Å². The van der Waals surface area contributed by atoms with Crippen LogP contribution in [-0.4, -0.2) is 17.1 Å². The van der Waals surface area contributed by atoms with Crippen molar-refractivity contribution < 1.29 is 9.90 Å². The fourth-order valence-electron chi connectivity index (χ4n) is 0.712. The molecule has 3 heteroatoms. The van der Waals surface area contributed by atoms with Crippen molar-refractivity contribution in [2.45, 2.75) is 12.5 Å². The summed E-state index contributed by atoms with van der Waals surface area (Å²) in [6.07, 6.45) is 5.12. The number of allylic oxidation sites excluding steroid dienone is 3. The van der Waals surface area contributed by atoms with Crippen LogP contribution < -0.4 is 5.73 Å². The summed E-state index contributed by atoms with van der Waals surface area (Å²) in [5.74, 6) is -1.01. The van der Waals surface area contributed by atoms with E-state index in [9.17, 15) is 4.79 Å². The third-order valence-electron chi connectivity index (χ3n) is 1.37. The maximum atomic E-state index is 10.3. The van der Waals surface area contributed by atoms with Crippen molar-refractivity contribution in [3.05, 3.63) is 37.0 Å². The Balaban J connectivity index is 4.20. The van der Waals surface area contributed by atoms with Crippen molar-refractivity contribution in [3.63, 3.8) is 0 Å². The first-order valence-corrected chi connectivity index (χ1v) is 3.54. The molecule has 1 unspecified atom stereocenters. The smallest absolute Gasteiger partial charge is 0.320 e. The van der Waals surface area contributed by atoms with Crippen LogP contribution in [-0.2, 0) is 4.79 Å². The van der Waals surface area contributed by atoms with Gasteiger partial charge in [-0.1, -0.05) is 31.4 Å². The monoisotopic (exact) mass is 167 g/mol. The van der Waals surface area contributed by atoms with Crippen LogP contribution in [0, 0.1) is 0 Å². The minimum Gasteiger partial charge on any atom is -0.480 e. The van der Waals surface area contributed by atoms with Crippen molar-refractivity contribution >= 4 is 5.97 Å². The second-order valence-electron chi connectivity index (χ2n) is 2.33. The largest absolute Gasteiger partial charge is 0.480 e. The molecule has 12 heavy (non-hydrogen) atoms. The van der Waals surface area contributed by atoms with Gasteiger partial charge in [-0.3, -0.25) is 4.79 Å². The molecule has 0 aromatic rings. The summed E-state index contributed by atoms with van der Waals surface area (Å²) in [4.78, 5) is 10.3. The first-order chi connectivity index (χ1) is 5.61. The molecular weight excluding hydrogens is 154 g/mol. The number of rotatable bonds is 5. The van der Waals surface area contributed by atoms with Gasteiger partial charge in [0.05, 0.1) is 0 Å². The van der Waals surface area contributed by atoms with Gasteiger partial charge in [0.25, 0.3) is 0 Å². The maximum absolute atomic E-state index is 10.3. The summed E-state index contributed by atoms with van der Waals surface area (Å²) >= 11 is 0. The first kappa shape index (κ1) is 10.7. The van der Waals surface area contributed by atoms with Gasteiger partial charge in [-0.15, -0.1) is 0 Å². The van der Waals surface area contributed by atoms with Crippen LogP contribution in [0.2, 0.25) is 0 Å². The van der Waals surface area contributed by atoms with Gasteiger partial charge in [0, 0.05) is 0 Å². The standard InChI is InChI=1S/C9H13NO2/c1-3-5-7(4-2)6-8(10)9(11)12/h3-5,8H,1-2,6,10H2,(H,11,12). The third kappa shape index (κ3) is 3.73. The average Bonchev–Trinajstić information content (AvgIpc) is 2.03. The number of nitrogens with two attached hydrogens (primary N) is 1. The lowest BCUT2D eigenvalue weighted by atomic mass is 10.1. The van der Waals surface area contributed by atoms with Crippen molar-refractivity contribution in [1.29, 1.82) is 0 Å². The Kier molecular flexibility index (Phi) is 4.72. The molecule has 0 aromatic carbocycles. The van der Waals surface area contributed by atoms with Gasteiger partial charge < -0.3 is 10.8 Å². The molecule has 0 bridgehead atoms. The summed E-state index contributed by atoms with van der Waals surface area (Å²) in [7, 11) is 0. The second kappa shape index (κ2) is 5.32. The molecule has 1 atom stereocenters. The van der Waals surface area contributed by atoms with Gasteiger partial charge in [-0.05, 0) is 12.0 Å². The molecule has 0 amide bonds. The van der Waals surface area contributed by atoms with Gasteiger partial charge >= 0.3 is 5.97 Å². The number of hydrogen-bond acceptors (Lipinski definition) is 2. The summed E-state index contributed by atoms with van der Waals surface area (Å²) in [6.45, 7) is 7.02. The minimum atomic E-state index is -1.01. The normalized spacial score (nSPS) is 13.6. The van der Waals surface area contributed by atoms with Gasteiger partial charge in [-0.25, -0.2) is 0 Å². The third-order valence-corrected chi connectivity index (χ3v) is 1.37. The lowest BCUT2D eigenvalue weighted by Crippen LogP contribution is -2.30. The zero-order valence-corrected chi connectivity index (χ0v) is 6.86. The molecule has 66 valence electrons. The Morgan fingerprint density at radius 2 is 2.17 bits per heavy atom. The van der Waals surface area contributed by atoms with Crippen molar-refractivity contribution in [3.8, 4) is 0 Å². The molecule has 0 aromatic heterocycles. The van der Waals surface area contributed by atoms with Crippen LogP contribution in [0.15, 0.2) is 37.0 Å². The average molecular weight is 167 g/mol. The lowest BCUT2D eigenvalue weighted by Gasteiger charge is -2.05. The number of carboxylic acids is 1. The summed E-state index contributed by atoms with van der Waals surface area (Å²) in [6, 6.07) is -0.866. The highest BCUT2D eigenvalue weighted by molar-refractivity contribution is 5.73. The van der Waals surface area contributed by atoms with Crippen molar-refractivity contribution in [2.24, 2.45) is 5.73 Å². The van der Waals surface area contributed by atoms with E-state index in [2.05, 4.69) is 13.2 Å². The van der Waals surface area contributed by atoms with Gasteiger partial charge in [0.2, 0.25) is 0 Å². The Morgan fingerprint density at radius 1 is 1.58 bits per heavy atom. The van der Waals surface area contributed by atoms with E-state index in [1.807, 2.05) is 0 Å². The van der Waals surface area contributed by atoms with E-state index in [1.165, 1.54) is 0 Å². The number of carboxylic acid groups (broad SMARTS) is 1. The van der Waals surface area contributed by atoms with Crippen LogP contribution in [0.4, 0.5) is 0 Å². The van der Waals surface area contributed by atoms with Gasteiger partial charge in [0.1, 0.15) is 6.04 Å². The number of carbonyl (C=O) groups is 1. The number of hydrogen-bond donors (Lipinski definition) is 2. The van der Waals surface area contributed by atoms with E-state index >= 15 is 0 Å². The molecule has 0 aliphatic rings. The van der Waals surface area contributed by atoms with Crippen LogP contribution in [0.25, 0.3) is 0 Å². The molecule has 3 N–H and O–H groups in total. The first-order valence-electron chi connectivity index (χ1n) is 3.54. The molecule has 0 heterocycles. The molecule has 0 spiro atoms. The van der Waals surface area contributed by atoms with E-state index < -0.39 is 12.0 Å². The molecule has 0 aliphatic heterocycles. The van der Waals surface area contributed by atoms with Gasteiger partial charge in [0.15, 0.2) is 0 Å². The molecular formula is C9H13NO2. The van der Waals surface area contributed by atoms with Gasteiger partial charge in [-0.2, -0.15) is 0 Å². The SMILES string of the molecule is C=CC=C(C=C)CC(N)C(=O)O. The Bertz CT molecular complexity index is 219. The Morgan fingerprint density at radius 3 is 2.50 bits per heavy atom. The molecule has 0 rings (SSSR count). The Hall–Kier alpha value is -1.35. The zero-order chi connectivity index (χ0) is 9.56. The second-order valence-corrected chi connectivity index (χ2v) is 2.33. The topological polar surface area (TPSA) is 63.3 Å². The summed E-state index contributed by atoms with van der Waals surface area (Å²) in [5, 5.41) is 8.48. The van der Waals surface area contributed by atoms with Crippen LogP contribution in [0.5, 0.6) is 0 Å². The van der Waals surface area contributed by atoms with E-state index in [-0.39, 0.29) is 6.42 Å². The molecule has 0 saturated carbocycles. The van der Waals surface area contributed by atoms with E-state index in [1.54, 1.807) is 18.2 Å². The van der Waals surface area contributed by atoms with E-state index in [0.29, 0.717) is 0 Å². The zero-order valence-electron chi connectivity index (χ0n) is 6.86. The molecule has 3 nitrogen and oxygen atoms in total. The maximum Gasteiger partial charge on any atom is 0.320 e.